The highest BCUT2D eigenvalue weighted by Crippen LogP contribution is 2.22. The van der Waals surface area contributed by atoms with Gasteiger partial charge in [-0.2, -0.15) is 0 Å². The Kier molecular flexibility index (Phi) is 4.45. The van der Waals surface area contributed by atoms with Gasteiger partial charge in [-0.05, 0) is 47.5 Å². The Morgan fingerprint density at radius 1 is 1.53 bits per heavy atom. The molecular formula is C11H14BrFN2. The van der Waals surface area contributed by atoms with Crippen LogP contribution in [0.15, 0.2) is 34.3 Å². The van der Waals surface area contributed by atoms with Gasteiger partial charge in [0, 0.05) is 0 Å². The second kappa shape index (κ2) is 5.39. The molecular weight excluding hydrogens is 259 g/mol. The lowest BCUT2D eigenvalue weighted by atomic mass is 10.1. The van der Waals surface area contributed by atoms with E-state index in [0.29, 0.717) is 4.47 Å². The van der Waals surface area contributed by atoms with E-state index in [1.54, 1.807) is 12.1 Å². The van der Waals surface area contributed by atoms with Crippen LogP contribution in [-0.2, 0) is 0 Å². The van der Waals surface area contributed by atoms with Crippen molar-refractivity contribution >= 4 is 15.9 Å². The highest BCUT2D eigenvalue weighted by molar-refractivity contribution is 9.10. The van der Waals surface area contributed by atoms with E-state index in [-0.39, 0.29) is 11.9 Å². The number of rotatable bonds is 3. The van der Waals surface area contributed by atoms with Gasteiger partial charge in [-0.25, -0.2) is 9.82 Å². The first-order chi connectivity index (χ1) is 7.04. The second-order valence-corrected chi connectivity index (χ2v) is 4.42. The van der Waals surface area contributed by atoms with E-state index in [4.69, 9.17) is 5.84 Å². The van der Waals surface area contributed by atoms with Crippen LogP contribution in [0.25, 0.3) is 0 Å². The fraction of sp³-hybridized carbons (Fsp3) is 0.273. The lowest BCUT2D eigenvalue weighted by molar-refractivity contribution is 0.613. The van der Waals surface area contributed by atoms with Crippen LogP contribution in [0.2, 0.25) is 0 Å². The van der Waals surface area contributed by atoms with Crippen molar-refractivity contribution in [3.63, 3.8) is 0 Å². The van der Waals surface area contributed by atoms with E-state index in [1.165, 1.54) is 6.07 Å². The lowest BCUT2D eigenvalue weighted by Crippen LogP contribution is -2.26. The lowest BCUT2D eigenvalue weighted by Gasteiger charge is -2.13. The topological polar surface area (TPSA) is 38.0 Å². The summed E-state index contributed by atoms with van der Waals surface area (Å²) < 4.78 is 13.5. The van der Waals surface area contributed by atoms with Gasteiger partial charge in [-0.1, -0.05) is 17.7 Å². The number of hydrazine groups is 1. The molecule has 1 aromatic rings. The molecule has 0 fully saturated rings. The normalized spacial score (nSPS) is 12.3. The van der Waals surface area contributed by atoms with Crippen molar-refractivity contribution in [3.05, 3.63) is 45.7 Å². The van der Waals surface area contributed by atoms with Crippen molar-refractivity contribution in [3.8, 4) is 0 Å². The molecule has 1 unspecified atom stereocenters. The zero-order valence-electron chi connectivity index (χ0n) is 8.72. The van der Waals surface area contributed by atoms with E-state index >= 15 is 0 Å². The zero-order chi connectivity index (χ0) is 11.4. The summed E-state index contributed by atoms with van der Waals surface area (Å²) in [5.41, 5.74) is 4.75. The van der Waals surface area contributed by atoms with Gasteiger partial charge in [-0.15, -0.1) is 0 Å². The molecule has 0 spiro atoms. The third kappa shape index (κ3) is 3.41. The summed E-state index contributed by atoms with van der Waals surface area (Å²) in [5, 5.41) is 0. The Labute approximate surface area is 97.5 Å². The summed E-state index contributed by atoms with van der Waals surface area (Å²) in [5.74, 6) is 5.17. The summed E-state index contributed by atoms with van der Waals surface area (Å²) in [6, 6.07) is 4.76. The van der Waals surface area contributed by atoms with Crippen molar-refractivity contribution in [2.24, 2.45) is 5.84 Å². The van der Waals surface area contributed by atoms with Gasteiger partial charge in [-0.3, -0.25) is 5.84 Å². The molecule has 0 amide bonds. The predicted molar refractivity (Wildman–Crippen MR) is 63.6 cm³/mol. The molecule has 0 saturated heterocycles. The number of nitrogens with two attached hydrogens (primary N) is 1. The zero-order valence-corrected chi connectivity index (χ0v) is 10.3. The van der Waals surface area contributed by atoms with Crippen LogP contribution < -0.4 is 11.3 Å². The largest absolute Gasteiger partial charge is 0.271 e. The Morgan fingerprint density at radius 3 is 2.67 bits per heavy atom. The average molecular weight is 273 g/mol. The van der Waals surface area contributed by atoms with Crippen molar-refractivity contribution in [2.45, 2.75) is 19.9 Å². The minimum atomic E-state index is -0.272. The number of benzene rings is 1. The number of hydrogen-bond acceptors (Lipinski definition) is 2. The van der Waals surface area contributed by atoms with E-state index in [0.717, 1.165) is 11.1 Å². The van der Waals surface area contributed by atoms with Gasteiger partial charge in [0.05, 0.1) is 10.5 Å². The number of nitrogens with one attached hydrogen (secondary N) is 1. The number of hydrogen-bond donors (Lipinski definition) is 2. The van der Waals surface area contributed by atoms with Crippen molar-refractivity contribution in [2.75, 3.05) is 0 Å². The van der Waals surface area contributed by atoms with Crippen LogP contribution in [-0.4, -0.2) is 0 Å². The first kappa shape index (κ1) is 12.4. The first-order valence-electron chi connectivity index (χ1n) is 4.60. The Hall–Kier alpha value is -0.710. The maximum atomic E-state index is 13.0. The van der Waals surface area contributed by atoms with Gasteiger partial charge in [0.25, 0.3) is 0 Å². The fourth-order valence-corrected chi connectivity index (χ4v) is 1.68. The summed E-state index contributed by atoms with van der Waals surface area (Å²) in [6.07, 6.45) is 1.99. The molecule has 1 atom stereocenters. The Bertz CT molecular complexity index is 373. The fourth-order valence-electron chi connectivity index (χ4n) is 1.28. The highest BCUT2D eigenvalue weighted by atomic mass is 79.9. The van der Waals surface area contributed by atoms with Gasteiger partial charge >= 0.3 is 0 Å². The molecule has 2 nitrogen and oxygen atoms in total. The SMILES string of the molecule is CC(C)=CC(NN)c1ccc(F)c(Br)c1. The van der Waals surface area contributed by atoms with Crippen LogP contribution in [0.4, 0.5) is 4.39 Å². The maximum absolute atomic E-state index is 13.0. The van der Waals surface area contributed by atoms with Crippen LogP contribution >= 0.6 is 15.9 Å². The molecule has 0 bridgehead atoms. The van der Waals surface area contributed by atoms with Crippen molar-refractivity contribution in [1.82, 2.24) is 5.43 Å². The summed E-state index contributed by atoms with van der Waals surface area (Å²) in [6.45, 7) is 3.98. The molecule has 0 radical (unpaired) electrons. The molecule has 0 aromatic heterocycles. The standard InChI is InChI=1S/C11H14BrFN2/c1-7(2)5-11(15-14)8-3-4-10(13)9(12)6-8/h3-6,11,15H,14H2,1-2H3. The van der Waals surface area contributed by atoms with E-state index in [2.05, 4.69) is 21.4 Å². The molecule has 1 rings (SSSR count). The monoisotopic (exact) mass is 272 g/mol. The van der Waals surface area contributed by atoms with Gasteiger partial charge in [0.15, 0.2) is 0 Å². The Balaban J connectivity index is 3.03. The van der Waals surface area contributed by atoms with E-state index in [9.17, 15) is 4.39 Å². The minimum Gasteiger partial charge on any atom is -0.271 e. The summed E-state index contributed by atoms with van der Waals surface area (Å²) in [4.78, 5) is 0. The summed E-state index contributed by atoms with van der Waals surface area (Å²) in [7, 11) is 0. The van der Waals surface area contributed by atoms with E-state index in [1.807, 2.05) is 19.9 Å². The van der Waals surface area contributed by atoms with Crippen molar-refractivity contribution < 1.29 is 4.39 Å². The molecule has 0 aliphatic heterocycles. The molecule has 3 N–H and O–H groups in total. The van der Waals surface area contributed by atoms with Crippen LogP contribution in [0.3, 0.4) is 0 Å². The molecule has 0 saturated carbocycles. The minimum absolute atomic E-state index is 0.0908. The highest BCUT2D eigenvalue weighted by Gasteiger charge is 2.08. The Morgan fingerprint density at radius 2 is 2.20 bits per heavy atom. The van der Waals surface area contributed by atoms with E-state index < -0.39 is 0 Å². The van der Waals surface area contributed by atoms with Gasteiger partial charge in [0.2, 0.25) is 0 Å². The van der Waals surface area contributed by atoms with Crippen molar-refractivity contribution in [1.29, 1.82) is 0 Å². The predicted octanol–water partition coefficient (Wildman–Crippen LogP) is 3.06. The molecule has 15 heavy (non-hydrogen) atoms. The molecule has 1 aromatic carbocycles. The molecule has 4 heteroatoms. The molecule has 0 aliphatic rings. The quantitative estimate of drug-likeness (QED) is 0.504. The third-order valence-corrected chi connectivity index (χ3v) is 2.59. The molecule has 0 aliphatic carbocycles. The van der Waals surface area contributed by atoms with Crippen LogP contribution in [0.5, 0.6) is 0 Å². The maximum Gasteiger partial charge on any atom is 0.137 e. The van der Waals surface area contributed by atoms with Gasteiger partial charge < -0.3 is 0 Å². The average Bonchev–Trinajstić information content (AvgIpc) is 2.18. The smallest absolute Gasteiger partial charge is 0.137 e. The van der Waals surface area contributed by atoms with Crippen LogP contribution in [0.1, 0.15) is 25.5 Å². The summed E-state index contributed by atoms with van der Waals surface area (Å²) >= 11 is 3.15. The number of allylic oxidation sites excluding steroid dienone is 1. The number of halogens is 2. The molecule has 0 heterocycles. The third-order valence-electron chi connectivity index (χ3n) is 1.98. The van der Waals surface area contributed by atoms with Gasteiger partial charge in [0.1, 0.15) is 5.82 Å². The molecule has 82 valence electrons. The van der Waals surface area contributed by atoms with Crippen LogP contribution in [0, 0.1) is 5.82 Å². The first-order valence-corrected chi connectivity index (χ1v) is 5.40. The second-order valence-electron chi connectivity index (χ2n) is 3.56.